The van der Waals surface area contributed by atoms with Gasteiger partial charge in [0, 0.05) is 9.52 Å². The molecule has 0 saturated heterocycles. The van der Waals surface area contributed by atoms with Crippen LogP contribution in [0.2, 0.25) is 10.6 Å². The topological polar surface area (TPSA) is 20.2 Å². The predicted octanol–water partition coefficient (Wildman–Crippen LogP) is 1.32. The van der Waals surface area contributed by atoms with Crippen molar-refractivity contribution in [2.45, 2.75) is 50.3 Å². The minimum atomic E-state index is -0.264. The van der Waals surface area contributed by atoms with Crippen molar-refractivity contribution in [2.75, 3.05) is 0 Å². The van der Waals surface area contributed by atoms with Crippen LogP contribution in [0.1, 0.15) is 34.1 Å². The van der Waals surface area contributed by atoms with Gasteiger partial charge >= 0.3 is 0 Å². The molecule has 1 N–H and O–H groups in total. The monoisotopic (exact) mass is 158 g/mol. The van der Waals surface area contributed by atoms with Crippen LogP contribution in [0, 0.1) is 0 Å². The Bertz CT molecular complexity index is 135. The van der Waals surface area contributed by atoms with Crippen LogP contribution in [0.3, 0.4) is 0 Å². The van der Waals surface area contributed by atoms with E-state index in [0.29, 0.717) is 10.6 Å². The van der Waals surface area contributed by atoms with Gasteiger partial charge in [0.05, 0.1) is 5.60 Å². The Morgan fingerprint density at radius 1 is 1.50 bits per heavy atom. The third-order valence-corrected chi connectivity index (χ3v) is 5.12. The third kappa shape index (κ3) is 2.10. The molecule has 2 heteroatoms. The summed E-state index contributed by atoms with van der Waals surface area (Å²) in [7, 11) is -0.0586. The van der Waals surface area contributed by atoms with Crippen molar-refractivity contribution in [3.05, 3.63) is 0 Å². The summed E-state index contributed by atoms with van der Waals surface area (Å²) in [4.78, 5) is 0. The Balaban J connectivity index is 2.31. The van der Waals surface area contributed by atoms with Gasteiger partial charge in [-0.05, 0) is 23.9 Å². The van der Waals surface area contributed by atoms with E-state index in [1.807, 2.05) is 6.92 Å². The summed E-state index contributed by atoms with van der Waals surface area (Å²) >= 11 is 0. The summed E-state index contributed by atoms with van der Waals surface area (Å²) in [5.41, 5.74) is 0.437. The van der Waals surface area contributed by atoms with Crippen LogP contribution < -0.4 is 0 Å². The van der Waals surface area contributed by atoms with E-state index in [9.17, 15) is 5.11 Å². The smallest absolute Gasteiger partial charge is 0.0621 e. The van der Waals surface area contributed by atoms with E-state index < -0.39 is 0 Å². The molecule has 0 aromatic rings. The van der Waals surface area contributed by atoms with Gasteiger partial charge in [-0.1, -0.05) is 20.8 Å². The van der Waals surface area contributed by atoms with Gasteiger partial charge in [0.2, 0.25) is 0 Å². The van der Waals surface area contributed by atoms with Crippen molar-refractivity contribution in [3.63, 3.8) is 0 Å². The molecule has 10 heavy (non-hydrogen) atoms. The molecule has 0 aromatic carbocycles. The summed E-state index contributed by atoms with van der Waals surface area (Å²) in [6, 6.07) is 0. The molecule has 0 amide bonds. The maximum atomic E-state index is 9.49. The maximum Gasteiger partial charge on any atom is 0.0621 e. The molecule has 0 aliphatic heterocycles. The first-order chi connectivity index (χ1) is 4.31. The van der Waals surface area contributed by atoms with E-state index in [4.69, 9.17) is 0 Å². The second-order valence-electron chi connectivity index (χ2n) is 5.02. The Labute approximate surface area is 65.7 Å². The van der Waals surface area contributed by atoms with Crippen molar-refractivity contribution in [1.29, 1.82) is 0 Å². The fourth-order valence-electron chi connectivity index (χ4n) is 1.47. The molecule has 60 valence electrons. The van der Waals surface area contributed by atoms with Gasteiger partial charge in [0.25, 0.3) is 0 Å². The number of aliphatic hydroxyl groups is 1. The molecule has 0 radical (unpaired) electrons. The molecule has 2 atom stereocenters. The van der Waals surface area contributed by atoms with E-state index in [-0.39, 0.29) is 15.1 Å². The van der Waals surface area contributed by atoms with Gasteiger partial charge in [-0.15, -0.1) is 0 Å². The van der Waals surface area contributed by atoms with Gasteiger partial charge in [-0.25, -0.2) is 0 Å². The van der Waals surface area contributed by atoms with Crippen LogP contribution in [-0.4, -0.2) is 20.2 Å². The first-order valence-corrected chi connectivity index (χ1v) is 5.56. The summed E-state index contributed by atoms with van der Waals surface area (Å²) in [6.07, 6.45) is 1.07. The molecule has 0 aromatic heterocycles. The lowest BCUT2D eigenvalue weighted by Gasteiger charge is -2.17. The fourth-order valence-corrected chi connectivity index (χ4v) is 4.12. The molecule has 1 aliphatic rings. The number of hydrogen-bond acceptors (Lipinski definition) is 1. The molecule has 0 bridgehead atoms. The summed E-state index contributed by atoms with van der Waals surface area (Å²) in [6.45, 7) is 8.82. The van der Waals surface area contributed by atoms with Crippen LogP contribution in [-0.2, 0) is 0 Å². The highest BCUT2D eigenvalue weighted by Gasteiger charge is 2.49. The minimum absolute atomic E-state index is 0.0586. The Hall–Kier alpha value is 0.177. The van der Waals surface area contributed by atoms with Crippen molar-refractivity contribution in [3.8, 4) is 0 Å². The van der Waals surface area contributed by atoms with E-state index in [2.05, 4.69) is 20.8 Å². The molecule has 1 rings (SSSR count). The first kappa shape index (κ1) is 8.28. The second-order valence-corrected chi connectivity index (χ2v) is 8.54. The number of rotatable bonds is 1. The molecule has 2 unspecified atom stereocenters. The van der Waals surface area contributed by atoms with Crippen LogP contribution in [0.25, 0.3) is 0 Å². The first-order valence-electron chi connectivity index (χ1n) is 4.04. The van der Waals surface area contributed by atoms with Gasteiger partial charge < -0.3 is 5.11 Å². The Morgan fingerprint density at radius 3 is 2.00 bits per heavy atom. The van der Waals surface area contributed by atoms with Crippen LogP contribution in [0.15, 0.2) is 0 Å². The SMILES string of the molecule is CC(C)(C)[SiH2]C1CC1(C)O. The average Bonchev–Trinajstić information content (AvgIpc) is 2.05. The highest BCUT2D eigenvalue weighted by Crippen LogP contribution is 2.51. The zero-order valence-corrected chi connectivity index (χ0v) is 8.85. The Kier molecular flexibility index (Phi) is 1.72. The van der Waals surface area contributed by atoms with Crippen LogP contribution in [0.4, 0.5) is 0 Å². The third-order valence-electron chi connectivity index (χ3n) is 2.24. The van der Waals surface area contributed by atoms with Crippen LogP contribution >= 0.6 is 0 Å². The van der Waals surface area contributed by atoms with Gasteiger partial charge in [0.1, 0.15) is 0 Å². The fraction of sp³-hybridized carbons (Fsp3) is 1.00. The molecule has 0 spiro atoms. The van der Waals surface area contributed by atoms with Crippen molar-refractivity contribution in [2.24, 2.45) is 0 Å². The molecule has 1 fully saturated rings. The average molecular weight is 158 g/mol. The van der Waals surface area contributed by atoms with Crippen molar-refractivity contribution >= 4 is 9.52 Å². The minimum Gasteiger partial charge on any atom is -0.390 e. The largest absolute Gasteiger partial charge is 0.390 e. The lowest BCUT2D eigenvalue weighted by molar-refractivity contribution is 0.171. The summed E-state index contributed by atoms with van der Waals surface area (Å²) in [5, 5.41) is 10.0. The maximum absolute atomic E-state index is 9.49. The van der Waals surface area contributed by atoms with Crippen molar-refractivity contribution in [1.82, 2.24) is 0 Å². The van der Waals surface area contributed by atoms with Gasteiger partial charge in [-0.2, -0.15) is 0 Å². The van der Waals surface area contributed by atoms with E-state index in [1.165, 1.54) is 0 Å². The lowest BCUT2D eigenvalue weighted by atomic mass is 10.2. The molecule has 1 saturated carbocycles. The van der Waals surface area contributed by atoms with E-state index in [1.54, 1.807) is 0 Å². The number of hydrogen-bond donors (Lipinski definition) is 1. The Morgan fingerprint density at radius 2 is 1.90 bits per heavy atom. The van der Waals surface area contributed by atoms with E-state index >= 15 is 0 Å². The molecule has 1 aliphatic carbocycles. The van der Waals surface area contributed by atoms with E-state index in [0.717, 1.165) is 6.42 Å². The molecular weight excluding hydrogens is 140 g/mol. The predicted molar refractivity (Wildman–Crippen MR) is 47.2 cm³/mol. The lowest BCUT2D eigenvalue weighted by Crippen LogP contribution is -2.13. The quantitative estimate of drug-likeness (QED) is 0.571. The molecule has 0 heterocycles. The zero-order chi connectivity index (χ0) is 7.99. The molecule has 1 nitrogen and oxygen atoms in total. The zero-order valence-electron chi connectivity index (χ0n) is 7.44. The summed E-state index contributed by atoms with van der Waals surface area (Å²) in [5.74, 6) is 0. The van der Waals surface area contributed by atoms with Crippen LogP contribution in [0.5, 0.6) is 0 Å². The van der Waals surface area contributed by atoms with Gasteiger partial charge in [0.15, 0.2) is 0 Å². The standard InChI is InChI=1S/C8H18OSi/c1-7(2,3)10-6-5-8(6,4)9/h6,9H,5,10H2,1-4H3. The second kappa shape index (κ2) is 2.08. The molecular formula is C8H18OSi. The van der Waals surface area contributed by atoms with Crippen molar-refractivity contribution < 1.29 is 5.11 Å². The summed E-state index contributed by atoms with van der Waals surface area (Å²) < 4.78 is 0. The normalized spacial score (nSPS) is 41.1. The highest BCUT2D eigenvalue weighted by atomic mass is 28.2. The van der Waals surface area contributed by atoms with Gasteiger partial charge in [-0.3, -0.25) is 0 Å². The highest BCUT2D eigenvalue weighted by molar-refractivity contribution is 6.43.